The molecule has 2 heterocycles. The van der Waals surface area contributed by atoms with E-state index in [1.165, 1.54) is 4.31 Å². The van der Waals surface area contributed by atoms with Gasteiger partial charge in [-0.1, -0.05) is 36.4 Å². The molecule has 1 saturated heterocycles. The van der Waals surface area contributed by atoms with Crippen LogP contribution in [0.5, 0.6) is 5.75 Å². The molecular formula is C21H24N2O4S. The fourth-order valence-electron chi connectivity index (χ4n) is 3.88. The molecule has 0 spiro atoms. The summed E-state index contributed by atoms with van der Waals surface area (Å²) in [6.45, 7) is 1.30. The van der Waals surface area contributed by atoms with Gasteiger partial charge in [-0.2, -0.15) is 4.31 Å². The summed E-state index contributed by atoms with van der Waals surface area (Å²) >= 11 is 0. The minimum Gasteiger partial charge on any atom is -0.493 e. The molecule has 1 N–H and O–H groups in total. The molecule has 4 rings (SSSR count). The van der Waals surface area contributed by atoms with Crippen LogP contribution < -0.4 is 10.1 Å². The number of para-hydroxylation sites is 1. The second-order valence-corrected chi connectivity index (χ2v) is 9.17. The Bertz CT molecular complexity index is 938. The van der Waals surface area contributed by atoms with E-state index in [0.29, 0.717) is 37.4 Å². The lowest BCUT2D eigenvalue weighted by molar-refractivity contribution is -0.127. The highest BCUT2D eigenvalue weighted by Crippen LogP contribution is 2.32. The van der Waals surface area contributed by atoms with Crippen LogP contribution in [0.4, 0.5) is 0 Å². The van der Waals surface area contributed by atoms with Crippen LogP contribution in [0.2, 0.25) is 0 Å². The first-order valence-electron chi connectivity index (χ1n) is 9.63. The van der Waals surface area contributed by atoms with Crippen molar-refractivity contribution in [1.82, 2.24) is 9.62 Å². The van der Waals surface area contributed by atoms with Gasteiger partial charge in [0.2, 0.25) is 15.9 Å². The van der Waals surface area contributed by atoms with E-state index in [1.807, 2.05) is 24.3 Å². The molecule has 0 bridgehead atoms. The monoisotopic (exact) mass is 400 g/mol. The first-order chi connectivity index (χ1) is 13.6. The van der Waals surface area contributed by atoms with Crippen molar-refractivity contribution in [3.05, 3.63) is 60.2 Å². The summed E-state index contributed by atoms with van der Waals surface area (Å²) in [5.74, 6) is 0.651. The molecule has 1 fully saturated rings. The number of hydrogen-bond acceptors (Lipinski definition) is 4. The lowest BCUT2D eigenvalue weighted by atomic mass is 9.95. The Morgan fingerprint density at radius 1 is 0.964 bits per heavy atom. The van der Waals surface area contributed by atoms with Crippen molar-refractivity contribution in [1.29, 1.82) is 0 Å². The number of nitrogens with zero attached hydrogens (tertiary/aromatic N) is 1. The molecule has 1 unspecified atom stereocenters. The largest absolute Gasteiger partial charge is 0.493 e. The van der Waals surface area contributed by atoms with E-state index < -0.39 is 10.0 Å². The Morgan fingerprint density at radius 3 is 2.39 bits per heavy atom. The third-order valence-corrected chi connectivity index (χ3v) is 7.39. The SMILES string of the molecule is O=C(NC1CCOc2ccccc21)C1CCN(S(=O)(=O)c2ccccc2)CC1. The Kier molecular flexibility index (Phi) is 5.37. The van der Waals surface area contributed by atoms with Crippen molar-refractivity contribution in [2.24, 2.45) is 5.92 Å². The Hall–Kier alpha value is -2.38. The average Bonchev–Trinajstić information content (AvgIpc) is 2.75. The summed E-state index contributed by atoms with van der Waals surface area (Å²) in [7, 11) is -3.49. The standard InChI is InChI=1S/C21H24N2O4S/c24-21(22-19-12-15-27-20-9-5-4-8-18(19)20)16-10-13-23(14-11-16)28(25,26)17-6-2-1-3-7-17/h1-9,16,19H,10-15H2,(H,22,24). The van der Waals surface area contributed by atoms with E-state index in [0.717, 1.165) is 17.7 Å². The zero-order valence-electron chi connectivity index (χ0n) is 15.6. The number of nitrogens with one attached hydrogen (secondary N) is 1. The molecule has 0 saturated carbocycles. The minimum absolute atomic E-state index is 0.00142. The number of ether oxygens (including phenoxy) is 1. The third kappa shape index (κ3) is 3.77. The van der Waals surface area contributed by atoms with Gasteiger partial charge in [-0.15, -0.1) is 0 Å². The van der Waals surface area contributed by atoms with E-state index in [1.54, 1.807) is 30.3 Å². The smallest absolute Gasteiger partial charge is 0.243 e. The van der Waals surface area contributed by atoms with Crippen LogP contribution >= 0.6 is 0 Å². The second-order valence-electron chi connectivity index (χ2n) is 7.23. The van der Waals surface area contributed by atoms with Gasteiger partial charge in [0.25, 0.3) is 0 Å². The van der Waals surface area contributed by atoms with Crippen LogP contribution in [0.15, 0.2) is 59.5 Å². The molecule has 0 aliphatic carbocycles. The second kappa shape index (κ2) is 7.93. The van der Waals surface area contributed by atoms with E-state index >= 15 is 0 Å². The van der Waals surface area contributed by atoms with Gasteiger partial charge in [0, 0.05) is 31.0 Å². The predicted molar refractivity (Wildman–Crippen MR) is 105 cm³/mol. The summed E-state index contributed by atoms with van der Waals surface area (Å²) in [5, 5.41) is 3.14. The highest BCUT2D eigenvalue weighted by Gasteiger charge is 2.33. The summed E-state index contributed by atoms with van der Waals surface area (Å²) in [4.78, 5) is 13.1. The van der Waals surface area contributed by atoms with Gasteiger partial charge in [0.05, 0.1) is 17.5 Å². The summed E-state index contributed by atoms with van der Waals surface area (Å²) in [6.07, 6.45) is 1.80. The van der Waals surface area contributed by atoms with Crippen LogP contribution in [0.25, 0.3) is 0 Å². The fraction of sp³-hybridized carbons (Fsp3) is 0.381. The number of piperidine rings is 1. The molecule has 7 heteroatoms. The maximum absolute atomic E-state index is 12.8. The maximum atomic E-state index is 12.8. The number of carbonyl (C=O) groups is 1. The maximum Gasteiger partial charge on any atom is 0.243 e. The number of amides is 1. The van der Waals surface area contributed by atoms with Gasteiger partial charge in [-0.25, -0.2) is 8.42 Å². The van der Waals surface area contributed by atoms with Crippen LogP contribution in [0.1, 0.15) is 30.9 Å². The van der Waals surface area contributed by atoms with Crippen LogP contribution in [-0.2, 0) is 14.8 Å². The zero-order valence-corrected chi connectivity index (χ0v) is 16.4. The molecular weight excluding hydrogens is 376 g/mol. The molecule has 2 aromatic rings. The number of hydrogen-bond donors (Lipinski definition) is 1. The third-order valence-electron chi connectivity index (χ3n) is 5.48. The predicted octanol–water partition coefficient (Wildman–Crippen LogP) is 2.73. The lowest BCUT2D eigenvalue weighted by Gasteiger charge is -2.32. The van der Waals surface area contributed by atoms with Gasteiger partial charge >= 0.3 is 0 Å². The van der Waals surface area contributed by atoms with Gasteiger partial charge in [-0.05, 0) is 31.0 Å². The highest BCUT2D eigenvalue weighted by atomic mass is 32.2. The van der Waals surface area contributed by atoms with Crippen LogP contribution in [0, 0.1) is 5.92 Å². The molecule has 28 heavy (non-hydrogen) atoms. The molecule has 148 valence electrons. The number of rotatable bonds is 4. The van der Waals surface area contributed by atoms with Crippen molar-refractivity contribution >= 4 is 15.9 Å². The molecule has 2 aliphatic rings. The van der Waals surface area contributed by atoms with Crippen molar-refractivity contribution in [3.63, 3.8) is 0 Å². The Balaban J connectivity index is 1.37. The van der Waals surface area contributed by atoms with E-state index in [9.17, 15) is 13.2 Å². The molecule has 6 nitrogen and oxygen atoms in total. The zero-order chi connectivity index (χ0) is 19.6. The van der Waals surface area contributed by atoms with Gasteiger partial charge < -0.3 is 10.1 Å². The molecule has 0 aromatic heterocycles. The minimum atomic E-state index is -3.49. The van der Waals surface area contributed by atoms with Crippen LogP contribution in [0.3, 0.4) is 0 Å². The first kappa shape index (κ1) is 19.0. The molecule has 1 amide bonds. The van der Waals surface area contributed by atoms with Crippen molar-refractivity contribution in [3.8, 4) is 5.75 Å². The number of benzene rings is 2. The molecule has 2 aliphatic heterocycles. The van der Waals surface area contributed by atoms with E-state index in [2.05, 4.69) is 5.32 Å². The number of fused-ring (bicyclic) bond motifs is 1. The fourth-order valence-corrected chi connectivity index (χ4v) is 5.37. The van der Waals surface area contributed by atoms with Crippen molar-refractivity contribution in [2.45, 2.75) is 30.2 Å². The summed E-state index contributed by atoms with van der Waals surface area (Å²) < 4.78 is 32.6. The quantitative estimate of drug-likeness (QED) is 0.856. The highest BCUT2D eigenvalue weighted by molar-refractivity contribution is 7.89. The molecule has 2 aromatic carbocycles. The van der Waals surface area contributed by atoms with Gasteiger partial charge in [-0.3, -0.25) is 4.79 Å². The summed E-state index contributed by atoms with van der Waals surface area (Å²) in [5.41, 5.74) is 1.01. The molecule has 0 radical (unpaired) electrons. The Labute approximate surface area is 165 Å². The van der Waals surface area contributed by atoms with E-state index in [-0.39, 0.29) is 17.9 Å². The average molecular weight is 401 g/mol. The molecule has 1 atom stereocenters. The van der Waals surface area contributed by atoms with Crippen LogP contribution in [-0.4, -0.2) is 38.3 Å². The normalized spacial score (nSPS) is 20.8. The van der Waals surface area contributed by atoms with Gasteiger partial charge in [0.15, 0.2) is 0 Å². The first-order valence-corrected chi connectivity index (χ1v) is 11.1. The topological polar surface area (TPSA) is 75.7 Å². The van der Waals surface area contributed by atoms with Crippen molar-refractivity contribution in [2.75, 3.05) is 19.7 Å². The lowest BCUT2D eigenvalue weighted by Crippen LogP contribution is -2.44. The summed E-state index contributed by atoms with van der Waals surface area (Å²) in [6, 6.07) is 16.2. The number of carbonyl (C=O) groups excluding carboxylic acids is 1. The number of sulfonamides is 1. The van der Waals surface area contributed by atoms with Crippen molar-refractivity contribution < 1.29 is 17.9 Å². The van der Waals surface area contributed by atoms with Gasteiger partial charge in [0.1, 0.15) is 5.75 Å². The Morgan fingerprint density at radius 2 is 1.64 bits per heavy atom. The van der Waals surface area contributed by atoms with E-state index in [4.69, 9.17) is 4.74 Å².